The molecule has 1 aliphatic rings. The number of aromatic amines is 1. The first kappa shape index (κ1) is 13.4. The SMILES string of the molecule is O=C(Nc1nc2cc(Br)c(F)cc2[nH]1)C1(C(F)F)CC1. The fourth-order valence-electron chi connectivity index (χ4n) is 1.98. The van der Waals surface area contributed by atoms with Crippen LogP contribution in [-0.4, -0.2) is 22.3 Å². The third-order valence-electron chi connectivity index (χ3n) is 3.41. The van der Waals surface area contributed by atoms with Crippen molar-refractivity contribution in [2.24, 2.45) is 5.41 Å². The summed E-state index contributed by atoms with van der Waals surface area (Å²) >= 11 is 3.02. The van der Waals surface area contributed by atoms with Crippen molar-refractivity contribution in [1.82, 2.24) is 9.97 Å². The number of nitrogens with one attached hydrogen (secondary N) is 2. The molecule has 0 unspecified atom stereocenters. The van der Waals surface area contributed by atoms with E-state index >= 15 is 0 Å². The minimum atomic E-state index is -2.70. The standard InChI is InChI=1S/C12H9BrF3N3O/c13-5-3-7-8(4-6(5)14)18-11(17-7)19-10(20)12(1-2-12)9(15)16/h3-4,9H,1-2H2,(H2,17,18,19,20). The lowest BCUT2D eigenvalue weighted by molar-refractivity contribution is -0.126. The lowest BCUT2D eigenvalue weighted by atomic mass is 10.1. The van der Waals surface area contributed by atoms with Gasteiger partial charge in [-0.15, -0.1) is 0 Å². The third-order valence-corrected chi connectivity index (χ3v) is 4.02. The number of carbonyl (C=O) groups excluding carboxylic acids is 1. The zero-order valence-electron chi connectivity index (χ0n) is 10.0. The number of anilines is 1. The van der Waals surface area contributed by atoms with Crippen LogP contribution in [0.5, 0.6) is 0 Å². The summed E-state index contributed by atoms with van der Waals surface area (Å²) in [4.78, 5) is 18.5. The van der Waals surface area contributed by atoms with E-state index in [1.165, 1.54) is 12.1 Å². The van der Waals surface area contributed by atoms with Crippen LogP contribution in [0, 0.1) is 11.2 Å². The Balaban J connectivity index is 1.87. The number of H-pyrrole nitrogens is 1. The van der Waals surface area contributed by atoms with E-state index in [1.807, 2.05) is 0 Å². The van der Waals surface area contributed by atoms with Crippen LogP contribution in [0.2, 0.25) is 0 Å². The molecule has 2 aromatic rings. The zero-order chi connectivity index (χ0) is 14.5. The van der Waals surface area contributed by atoms with E-state index in [9.17, 15) is 18.0 Å². The number of imidazole rings is 1. The van der Waals surface area contributed by atoms with Crippen LogP contribution in [0.1, 0.15) is 12.8 Å². The van der Waals surface area contributed by atoms with Gasteiger partial charge in [0.1, 0.15) is 11.2 Å². The van der Waals surface area contributed by atoms with Gasteiger partial charge in [-0.25, -0.2) is 18.2 Å². The molecule has 1 saturated carbocycles. The lowest BCUT2D eigenvalue weighted by Gasteiger charge is -2.12. The Morgan fingerprint density at radius 3 is 2.75 bits per heavy atom. The Morgan fingerprint density at radius 1 is 1.45 bits per heavy atom. The minimum Gasteiger partial charge on any atom is -0.324 e. The van der Waals surface area contributed by atoms with Gasteiger partial charge in [0.05, 0.1) is 15.5 Å². The van der Waals surface area contributed by atoms with Gasteiger partial charge < -0.3 is 4.98 Å². The molecular formula is C12H9BrF3N3O. The first-order chi connectivity index (χ1) is 9.42. The van der Waals surface area contributed by atoms with Gasteiger partial charge >= 0.3 is 0 Å². The number of hydrogen-bond acceptors (Lipinski definition) is 2. The Morgan fingerprint density at radius 2 is 2.15 bits per heavy atom. The third kappa shape index (κ3) is 2.07. The number of benzene rings is 1. The van der Waals surface area contributed by atoms with Crippen molar-refractivity contribution in [1.29, 1.82) is 0 Å². The Hall–Kier alpha value is -1.57. The normalized spacial score (nSPS) is 16.6. The highest BCUT2D eigenvalue weighted by molar-refractivity contribution is 9.10. The first-order valence-electron chi connectivity index (χ1n) is 5.87. The molecule has 0 saturated heterocycles. The van der Waals surface area contributed by atoms with Crippen LogP contribution < -0.4 is 5.32 Å². The number of hydrogen-bond donors (Lipinski definition) is 2. The van der Waals surface area contributed by atoms with Crippen molar-refractivity contribution in [3.63, 3.8) is 0 Å². The maximum absolute atomic E-state index is 13.3. The smallest absolute Gasteiger partial charge is 0.252 e. The fourth-order valence-corrected chi connectivity index (χ4v) is 2.31. The van der Waals surface area contributed by atoms with Gasteiger partial charge in [-0.3, -0.25) is 10.1 Å². The van der Waals surface area contributed by atoms with Crippen molar-refractivity contribution in [3.8, 4) is 0 Å². The van der Waals surface area contributed by atoms with Gasteiger partial charge in [0, 0.05) is 6.07 Å². The molecule has 8 heteroatoms. The average molecular weight is 348 g/mol. The van der Waals surface area contributed by atoms with Gasteiger partial charge in [-0.2, -0.15) is 0 Å². The molecule has 0 bridgehead atoms. The summed E-state index contributed by atoms with van der Waals surface area (Å²) in [6.45, 7) is 0. The first-order valence-corrected chi connectivity index (χ1v) is 6.66. The number of carbonyl (C=O) groups is 1. The molecule has 0 spiro atoms. The maximum atomic E-state index is 13.3. The predicted molar refractivity (Wildman–Crippen MR) is 70.1 cm³/mol. The van der Waals surface area contributed by atoms with Gasteiger partial charge in [0.15, 0.2) is 0 Å². The van der Waals surface area contributed by atoms with Crippen molar-refractivity contribution in [2.75, 3.05) is 5.32 Å². The second kappa shape index (κ2) is 4.47. The lowest BCUT2D eigenvalue weighted by Crippen LogP contribution is -2.30. The van der Waals surface area contributed by atoms with Crippen molar-refractivity contribution in [3.05, 3.63) is 22.4 Å². The number of aromatic nitrogens is 2. The molecule has 1 aliphatic carbocycles. The summed E-state index contributed by atoms with van der Waals surface area (Å²) in [5.41, 5.74) is -0.788. The highest BCUT2D eigenvalue weighted by atomic mass is 79.9. The molecule has 1 amide bonds. The summed E-state index contributed by atoms with van der Waals surface area (Å²) in [5, 5.41) is 2.33. The molecule has 20 heavy (non-hydrogen) atoms. The van der Waals surface area contributed by atoms with E-state index < -0.39 is 23.6 Å². The zero-order valence-corrected chi connectivity index (χ0v) is 11.6. The molecule has 1 heterocycles. The van der Waals surface area contributed by atoms with Crippen molar-refractivity contribution in [2.45, 2.75) is 19.3 Å². The average Bonchev–Trinajstić information content (AvgIpc) is 3.10. The van der Waals surface area contributed by atoms with Crippen molar-refractivity contribution >= 4 is 38.8 Å². The summed E-state index contributed by atoms with van der Waals surface area (Å²) in [6.07, 6.45) is -2.37. The molecule has 1 aromatic heterocycles. The fraction of sp³-hybridized carbons (Fsp3) is 0.333. The Bertz CT molecular complexity index is 658. The van der Waals surface area contributed by atoms with E-state index in [0.29, 0.717) is 11.0 Å². The summed E-state index contributed by atoms with van der Waals surface area (Å²) in [7, 11) is 0. The largest absolute Gasteiger partial charge is 0.324 e. The molecule has 106 valence electrons. The van der Waals surface area contributed by atoms with Crippen LogP contribution in [0.15, 0.2) is 16.6 Å². The molecule has 4 nitrogen and oxygen atoms in total. The highest BCUT2D eigenvalue weighted by Gasteiger charge is 2.57. The van der Waals surface area contributed by atoms with E-state index in [0.717, 1.165) is 0 Å². The van der Waals surface area contributed by atoms with Crippen LogP contribution in [0.4, 0.5) is 19.1 Å². The maximum Gasteiger partial charge on any atom is 0.252 e. The molecule has 1 fully saturated rings. The molecule has 3 rings (SSSR count). The number of alkyl halides is 2. The quantitative estimate of drug-likeness (QED) is 0.893. The molecule has 0 radical (unpaired) electrons. The molecule has 0 aliphatic heterocycles. The van der Waals surface area contributed by atoms with E-state index in [-0.39, 0.29) is 23.3 Å². The number of amides is 1. The van der Waals surface area contributed by atoms with Gasteiger partial charge in [-0.05, 0) is 34.8 Å². The monoisotopic (exact) mass is 347 g/mol. The van der Waals surface area contributed by atoms with E-state index in [4.69, 9.17) is 0 Å². The molecule has 2 N–H and O–H groups in total. The predicted octanol–water partition coefficient (Wildman–Crippen LogP) is 3.45. The number of nitrogens with zero attached hydrogens (tertiary/aromatic N) is 1. The summed E-state index contributed by atoms with van der Waals surface area (Å²) in [5.74, 6) is -1.20. The molecular weight excluding hydrogens is 339 g/mol. The van der Waals surface area contributed by atoms with Crippen LogP contribution in [-0.2, 0) is 4.79 Å². The second-order valence-corrected chi connectivity index (χ2v) is 5.63. The second-order valence-electron chi connectivity index (χ2n) is 4.78. The molecule has 0 atom stereocenters. The number of rotatable bonds is 3. The number of fused-ring (bicyclic) bond motifs is 1. The van der Waals surface area contributed by atoms with Crippen LogP contribution in [0.3, 0.4) is 0 Å². The molecule has 1 aromatic carbocycles. The van der Waals surface area contributed by atoms with Crippen LogP contribution >= 0.6 is 15.9 Å². The summed E-state index contributed by atoms with van der Waals surface area (Å²) < 4.78 is 39.2. The Labute approximate surface area is 119 Å². The number of halogens is 4. The van der Waals surface area contributed by atoms with Crippen LogP contribution in [0.25, 0.3) is 11.0 Å². The Kier molecular flexibility index (Phi) is 3.00. The van der Waals surface area contributed by atoms with Gasteiger partial charge in [-0.1, -0.05) is 0 Å². The highest BCUT2D eigenvalue weighted by Crippen LogP contribution is 2.51. The van der Waals surface area contributed by atoms with E-state index in [1.54, 1.807) is 0 Å². The summed E-state index contributed by atoms with van der Waals surface area (Å²) in [6, 6.07) is 2.65. The minimum absolute atomic E-state index is 0.0365. The van der Waals surface area contributed by atoms with E-state index in [2.05, 4.69) is 31.2 Å². The van der Waals surface area contributed by atoms with Gasteiger partial charge in [0.25, 0.3) is 6.43 Å². The van der Waals surface area contributed by atoms with Gasteiger partial charge in [0.2, 0.25) is 11.9 Å². The van der Waals surface area contributed by atoms with Crippen molar-refractivity contribution < 1.29 is 18.0 Å². The topological polar surface area (TPSA) is 57.8 Å².